The number of rotatable bonds is 5. The summed E-state index contributed by atoms with van der Waals surface area (Å²) in [5.74, 6) is -1.39. The molecule has 1 amide bonds. The molecule has 0 heterocycles. The van der Waals surface area contributed by atoms with Crippen LogP contribution in [0.5, 0.6) is 0 Å². The van der Waals surface area contributed by atoms with E-state index in [9.17, 15) is 9.59 Å². The van der Waals surface area contributed by atoms with E-state index in [4.69, 9.17) is 10.8 Å². The lowest BCUT2D eigenvalue weighted by Gasteiger charge is -2.22. The molecule has 3 N–H and O–H groups in total. The fourth-order valence-corrected chi connectivity index (χ4v) is 2.04. The van der Waals surface area contributed by atoms with Crippen LogP contribution in [-0.2, 0) is 16.0 Å². The Morgan fingerprint density at radius 3 is 2.24 bits per heavy atom. The van der Waals surface area contributed by atoms with Gasteiger partial charge in [-0.25, -0.2) is 0 Å². The van der Waals surface area contributed by atoms with Crippen molar-refractivity contribution in [3.8, 4) is 0 Å². The summed E-state index contributed by atoms with van der Waals surface area (Å²) in [4.78, 5) is 24.6. The summed E-state index contributed by atoms with van der Waals surface area (Å²) in [7, 11) is 0. The maximum Gasteiger partial charge on any atom is 0.323 e. The van der Waals surface area contributed by atoms with Crippen LogP contribution in [0.2, 0.25) is 0 Å². The average molecular weight is 284 g/mol. The lowest BCUT2D eigenvalue weighted by molar-refractivity contribution is -0.136. The highest BCUT2D eigenvalue weighted by atomic mass is 16.4. The fraction of sp³-hybridized carbons (Fsp3) is 0.125. The van der Waals surface area contributed by atoms with E-state index >= 15 is 0 Å². The second-order valence-electron chi connectivity index (χ2n) is 4.59. The third-order valence-corrected chi connectivity index (χ3v) is 3.02. The highest BCUT2D eigenvalue weighted by Crippen LogP contribution is 2.23. The van der Waals surface area contributed by atoms with Gasteiger partial charge in [0.05, 0.1) is 17.8 Å². The van der Waals surface area contributed by atoms with Crippen molar-refractivity contribution in [3.63, 3.8) is 0 Å². The van der Waals surface area contributed by atoms with Crippen molar-refractivity contribution in [2.75, 3.05) is 17.2 Å². The Balaban J connectivity index is 2.26. The minimum atomic E-state index is -1.08. The Bertz CT molecular complexity index is 641. The zero-order valence-corrected chi connectivity index (χ0v) is 11.4. The zero-order valence-electron chi connectivity index (χ0n) is 11.4. The molecule has 0 unspecified atom stereocenters. The molecule has 5 nitrogen and oxygen atoms in total. The molecule has 2 aromatic carbocycles. The molecule has 2 aromatic rings. The van der Waals surface area contributed by atoms with Gasteiger partial charge in [0, 0.05) is 0 Å². The molecule has 0 bridgehead atoms. The molecule has 0 aliphatic rings. The highest BCUT2D eigenvalue weighted by molar-refractivity contribution is 6.00. The second kappa shape index (κ2) is 6.56. The zero-order chi connectivity index (χ0) is 15.2. The molecule has 21 heavy (non-hydrogen) atoms. The molecule has 0 radical (unpaired) electrons. The average Bonchev–Trinajstić information content (AvgIpc) is 2.46. The Kier molecular flexibility index (Phi) is 4.56. The van der Waals surface area contributed by atoms with Gasteiger partial charge in [-0.1, -0.05) is 42.5 Å². The number of carboxylic acids is 1. The van der Waals surface area contributed by atoms with E-state index in [1.165, 1.54) is 4.90 Å². The Morgan fingerprint density at radius 1 is 1.00 bits per heavy atom. The number of para-hydroxylation sites is 2. The summed E-state index contributed by atoms with van der Waals surface area (Å²) < 4.78 is 0. The SMILES string of the molecule is Nc1ccccc1N(CC(=O)O)C(=O)Cc1ccccc1. The molecule has 0 saturated heterocycles. The van der Waals surface area contributed by atoms with Crippen LogP contribution in [0.3, 0.4) is 0 Å². The third kappa shape index (κ3) is 3.82. The number of hydrogen-bond donors (Lipinski definition) is 2. The lowest BCUT2D eigenvalue weighted by atomic mass is 10.1. The molecule has 0 aliphatic heterocycles. The molecular formula is C16H16N2O3. The highest BCUT2D eigenvalue weighted by Gasteiger charge is 2.20. The molecule has 0 atom stereocenters. The summed E-state index contributed by atoms with van der Waals surface area (Å²) in [5.41, 5.74) is 7.46. The molecule has 2 rings (SSSR count). The molecular weight excluding hydrogens is 268 g/mol. The summed E-state index contributed by atoms with van der Waals surface area (Å²) in [6.45, 7) is -0.417. The number of nitrogens with two attached hydrogens (primary N) is 1. The Morgan fingerprint density at radius 2 is 1.62 bits per heavy atom. The van der Waals surface area contributed by atoms with Gasteiger partial charge in [-0.05, 0) is 17.7 Å². The largest absolute Gasteiger partial charge is 0.480 e. The topological polar surface area (TPSA) is 83.6 Å². The van der Waals surface area contributed by atoms with Gasteiger partial charge in [0.15, 0.2) is 0 Å². The van der Waals surface area contributed by atoms with Crippen LogP contribution in [0.15, 0.2) is 54.6 Å². The first-order chi connectivity index (χ1) is 10.1. The van der Waals surface area contributed by atoms with Gasteiger partial charge in [0.1, 0.15) is 6.54 Å². The molecule has 0 aromatic heterocycles. The minimum absolute atomic E-state index is 0.127. The number of carboxylic acid groups (broad SMARTS) is 1. The number of nitrogen functional groups attached to an aromatic ring is 1. The Labute approximate surface area is 122 Å². The van der Waals surface area contributed by atoms with Gasteiger partial charge in [-0.2, -0.15) is 0 Å². The van der Waals surface area contributed by atoms with Gasteiger partial charge in [0.2, 0.25) is 5.91 Å². The number of nitrogens with zero attached hydrogens (tertiary/aromatic N) is 1. The maximum atomic E-state index is 12.4. The van der Waals surface area contributed by atoms with Crippen molar-refractivity contribution in [1.82, 2.24) is 0 Å². The van der Waals surface area contributed by atoms with Crippen molar-refractivity contribution < 1.29 is 14.7 Å². The van der Waals surface area contributed by atoms with E-state index in [1.807, 2.05) is 30.3 Å². The summed E-state index contributed by atoms with van der Waals surface area (Å²) in [5, 5.41) is 9.02. The molecule has 5 heteroatoms. The molecule has 0 saturated carbocycles. The van der Waals surface area contributed by atoms with Crippen molar-refractivity contribution in [2.45, 2.75) is 6.42 Å². The first-order valence-electron chi connectivity index (χ1n) is 6.48. The smallest absolute Gasteiger partial charge is 0.323 e. The summed E-state index contributed by atoms with van der Waals surface area (Å²) in [6.07, 6.45) is 0.127. The van der Waals surface area contributed by atoms with Crippen molar-refractivity contribution in [1.29, 1.82) is 0 Å². The van der Waals surface area contributed by atoms with Gasteiger partial charge in [0.25, 0.3) is 0 Å². The van der Waals surface area contributed by atoms with Gasteiger partial charge >= 0.3 is 5.97 Å². The summed E-state index contributed by atoms with van der Waals surface area (Å²) >= 11 is 0. The quantitative estimate of drug-likeness (QED) is 0.822. The van der Waals surface area contributed by atoms with Crippen LogP contribution in [-0.4, -0.2) is 23.5 Å². The monoisotopic (exact) mass is 284 g/mol. The molecule has 108 valence electrons. The van der Waals surface area contributed by atoms with E-state index in [1.54, 1.807) is 24.3 Å². The first kappa shape index (κ1) is 14.6. The maximum absolute atomic E-state index is 12.4. The van der Waals surface area contributed by atoms with Crippen LogP contribution < -0.4 is 10.6 Å². The fourth-order valence-electron chi connectivity index (χ4n) is 2.04. The second-order valence-corrected chi connectivity index (χ2v) is 4.59. The normalized spacial score (nSPS) is 10.1. The van der Waals surface area contributed by atoms with Crippen LogP contribution in [0, 0.1) is 0 Å². The van der Waals surface area contributed by atoms with Crippen LogP contribution in [0.4, 0.5) is 11.4 Å². The number of hydrogen-bond acceptors (Lipinski definition) is 3. The number of benzene rings is 2. The van der Waals surface area contributed by atoms with Crippen molar-refractivity contribution in [2.24, 2.45) is 0 Å². The van der Waals surface area contributed by atoms with Gasteiger partial charge in [-0.15, -0.1) is 0 Å². The van der Waals surface area contributed by atoms with E-state index < -0.39 is 12.5 Å². The van der Waals surface area contributed by atoms with E-state index in [-0.39, 0.29) is 12.3 Å². The van der Waals surface area contributed by atoms with Crippen molar-refractivity contribution >= 4 is 23.3 Å². The van der Waals surface area contributed by atoms with E-state index in [2.05, 4.69) is 0 Å². The van der Waals surface area contributed by atoms with Crippen LogP contribution in [0.25, 0.3) is 0 Å². The standard InChI is InChI=1S/C16H16N2O3/c17-13-8-4-5-9-14(13)18(11-16(20)21)15(19)10-12-6-2-1-3-7-12/h1-9H,10-11,17H2,(H,20,21). The van der Waals surface area contributed by atoms with Gasteiger partial charge < -0.3 is 10.8 Å². The predicted octanol–water partition coefficient (Wildman–Crippen LogP) is 1.93. The van der Waals surface area contributed by atoms with E-state index in [0.717, 1.165) is 5.56 Å². The Hall–Kier alpha value is -2.82. The third-order valence-electron chi connectivity index (χ3n) is 3.02. The number of aliphatic carboxylic acids is 1. The molecule has 0 fully saturated rings. The first-order valence-corrected chi connectivity index (χ1v) is 6.48. The molecule has 0 spiro atoms. The van der Waals surface area contributed by atoms with Crippen LogP contribution in [0.1, 0.15) is 5.56 Å². The summed E-state index contributed by atoms with van der Waals surface area (Å²) in [6, 6.07) is 15.9. The number of carbonyl (C=O) groups excluding carboxylic acids is 1. The predicted molar refractivity (Wildman–Crippen MR) is 81.0 cm³/mol. The van der Waals surface area contributed by atoms with Gasteiger partial charge in [-0.3, -0.25) is 14.5 Å². The molecule has 0 aliphatic carbocycles. The van der Waals surface area contributed by atoms with Crippen LogP contribution >= 0.6 is 0 Å². The van der Waals surface area contributed by atoms with E-state index in [0.29, 0.717) is 11.4 Å². The number of anilines is 2. The number of carbonyl (C=O) groups is 2. The minimum Gasteiger partial charge on any atom is -0.480 e. The lowest BCUT2D eigenvalue weighted by Crippen LogP contribution is -2.37. The van der Waals surface area contributed by atoms with Crippen molar-refractivity contribution in [3.05, 3.63) is 60.2 Å². The number of amides is 1.